The van der Waals surface area contributed by atoms with Crippen LogP contribution in [0.1, 0.15) is 37.3 Å². The van der Waals surface area contributed by atoms with Gasteiger partial charge in [0.05, 0.1) is 31.7 Å². The monoisotopic (exact) mass is 287 g/mol. The van der Waals surface area contributed by atoms with Crippen molar-refractivity contribution in [3.8, 4) is 5.75 Å². The number of aromatic hydroxyl groups is 1. The molecule has 4 atom stereocenters. The lowest BCUT2D eigenvalue weighted by Gasteiger charge is -2.57. The molecule has 1 saturated carbocycles. The van der Waals surface area contributed by atoms with Crippen molar-refractivity contribution >= 4 is 0 Å². The number of benzene rings is 1. The van der Waals surface area contributed by atoms with Crippen LogP contribution in [0, 0.1) is 11.8 Å². The number of hydrogen-bond donors (Lipinski definition) is 2. The van der Waals surface area contributed by atoms with E-state index in [1.165, 1.54) is 41.5 Å². The maximum atomic E-state index is 9.86. The Morgan fingerprint density at radius 2 is 2.14 bits per heavy atom. The molecule has 3 nitrogen and oxygen atoms in total. The van der Waals surface area contributed by atoms with E-state index in [0.717, 1.165) is 18.8 Å². The highest BCUT2D eigenvalue weighted by molar-refractivity contribution is 5.43. The summed E-state index contributed by atoms with van der Waals surface area (Å²) in [6, 6.07) is 6.46. The fourth-order valence-corrected chi connectivity index (χ4v) is 5.01. The molecule has 1 aromatic carbocycles. The van der Waals surface area contributed by atoms with Crippen LogP contribution in [0.25, 0.3) is 0 Å². The smallest absolute Gasteiger partial charge is 0.115 e. The molecule has 0 amide bonds. The minimum absolute atomic E-state index is 0.252. The minimum atomic E-state index is -0.252. The normalized spacial score (nSPS) is 41.7. The van der Waals surface area contributed by atoms with E-state index in [-0.39, 0.29) is 5.54 Å². The number of phenolic OH excluding ortho intramolecular Hbond substituents is 1. The first-order valence-corrected chi connectivity index (χ1v) is 8.38. The van der Waals surface area contributed by atoms with Crippen LogP contribution in [-0.2, 0) is 12.0 Å². The zero-order valence-electron chi connectivity index (χ0n) is 13.2. The van der Waals surface area contributed by atoms with Gasteiger partial charge in [0.25, 0.3) is 0 Å². The standard InChI is InChI=1S/C18H26N2O/c1-12-17-9-14-5-6-15(21)10-16(14)18(12,19)7-8-20(17,2)11-13-3-4-13/h5-6,10,12-13,17H,3-4,7-9,11,19H2,1-2H3/p+1/t12?,17?,18-,20?/m1/s1. The second-order valence-electron chi connectivity index (χ2n) is 8.02. The van der Waals surface area contributed by atoms with E-state index in [2.05, 4.69) is 20.0 Å². The average molecular weight is 287 g/mol. The quantitative estimate of drug-likeness (QED) is 0.820. The summed E-state index contributed by atoms with van der Waals surface area (Å²) in [6.07, 6.45) is 4.99. The molecular formula is C18H27N2O+. The van der Waals surface area contributed by atoms with Crippen LogP contribution in [0.15, 0.2) is 18.2 Å². The van der Waals surface area contributed by atoms with E-state index in [9.17, 15) is 5.11 Å². The molecule has 1 aliphatic heterocycles. The van der Waals surface area contributed by atoms with Crippen molar-refractivity contribution in [2.75, 3.05) is 20.1 Å². The summed E-state index contributed by atoms with van der Waals surface area (Å²) in [5.41, 5.74) is 9.18. The van der Waals surface area contributed by atoms with Gasteiger partial charge in [0, 0.05) is 24.7 Å². The molecule has 3 aliphatic rings. The molecule has 3 N–H and O–H groups in total. The van der Waals surface area contributed by atoms with Gasteiger partial charge >= 0.3 is 0 Å². The SMILES string of the molecule is CC1C2Cc3ccc(O)cc3[C@@]1(N)CC[N+]2(C)CC1CC1. The lowest BCUT2D eigenvalue weighted by atomic mass is 9.63. The molecule has 1 aromatic rings. The first-order chi connectivity index (χ1) is 9.92. The van der Waals surface area contributed by atoms with E-state index in [1.807, 2.05) is 12.1 Å². The largest absolute Gasteiger partial charge is 0.508 e. The first-order valence-electron chi connectivity index (χ1n) is 8.38. The molecular weight excluding hydrogens is 260 g/mol. The number of nitrogens with zero attached hydrogens (tertiary/aromatic N) is 1. The number of likely N-dealkylation sites (tertiary alicyclic amines) is 1. The predicted molar refractivity (Wildman–Crippen MR) is 83.9 cm³/mol. The average Bonchev–Trinajstić information content (AvgIpc) is 3.24. The molecule has 0 aromatic heterocycles. The summed E-state index contributed by atoms with van der Waals surface area (Å²) in [4.78, 5) is 0. The molecule has 3 heteroatoms. The van der Waals surface area contributed by atoms with Crippen molar-refractivity contribution in [3.05, 3.63) is 29.3 Å². The van der Waals surface area contributed by atoms with Crippen molar-refractivity contribution < 1.29 is 9.59 Å². The molecule has 2 aliphatic carbocycles. The lowest BCUT2D eigenvalue weighted by molar-refractivity contribution is -0.946. The fraction of sp³-hybridized carbons (Fsp3) is 0.667. The van der Waals surface area contributed by atoms with Gasteiger partial charge in [0.1, 0.15) is 5.75 Å². The highest BCUT2D eigenvalue weighted by atomic mass is 16.3. The van der Waals surface area contributed by atoms with Gasteiger partial charge in [-0.15, -0.1) is 0 Å². The van der Waals surface area contributed by atoms with Crippen LogP contribution in [-0.4, -0.2) is 35.8 Å². The zero-order valence-corrected chi connectivity index (χ0v) is 13.2. The Kier molecular flexibility index (Phi) is 2.74. The number of likely N-dealkylation sites (N-methyl/N-ethyl adjacent to an activating group) is 1. The fourth-order valence-electron chi connectivity index (χ4n) is 5.01. The topological polar surface area (TPSA) is 46.2 Å². The molecule has 1 saturated heterocycles. The third kappa shape index (κ3) is 1.94. The van der Waals surface area contributed by atoms with Gasteiger partial charge in [-0.3, -0.25) is 0 Å². The van der Waals surface area contributed by atoms with Crippen LogP contribution in [0.2, 0.25) is 0 Å². The van der Waals surface area contributed by atoms with Crippen LogP contribution in [0.5, 0.6) is 5.75 Å². The number of quaternary nitrogens is 1. The Labute approximate surface area is 127 Å². The molecule has 0 spiro atoms. The molecule has 114 valence electrons. The van der Waals surface area contributed by atoms with E-state index in [0.29, 0.717) is 17.7 Å². The second kappa shape index (κ2) is 4.23. The highest BCUT2D eigenvalue weighted by Crippen LogP contribution is 2.49. The van der Waals surface area contributed by atoms with Crippen LogP contribution >= 0.6 is 0 Å². The molecule has 0 radical (unpaired) electrons. The summed E-state index contributed by atoms with van der Waals surface area (Å²) < 4.78 is 1.20. The second-order valence-corrected chi connectivity index (χ2v) is 8.02. The highest BCUT2D eigenvalue weighted by Gasteiger charge is 2.56. The van der Waals surface area contributed by atoms with Crippen LogP contribution in [0.3, 0.4) is 0 Å². The third-order valence-electron chi connectivity index (χ3n) is 6.62. The van der Waals surface area contributed by atoms with Gasteiger partial charge in [-0.2, -0.15) is 0 Å². The van der Waals surface area contributed by atoms with Gasteiger partial charge in [-0.05, 0) is 36.1 Å². The van der Waals surface area contributed by atoms with Crippen molar-refractivity contribution in [2.45, 2.75) is 44.2 Å². The Morgan fingerprint density at radius 1 is 1.38 bits per heavy atom. The molecule has 2 bridgehead atoms. The Hall–Kier alpha value is -1.06. The lowest BCUT2D eigenvalue weighted by Crippen LogP contribution is -2.70. The van der Waals surface area contributed by atoms with Crippen molar-refractivity contribution in [2.24, 2.45) is 17.6 Å². The van der Waals surface area contributed by atoms with Gasteiger partial charge in [0.15, 0.2) is 0 Å². The Balaban J connectivity index is 1.76. The van der Waals surface area contributed by atoms with Crippen molar-refractivity contribution in [1.29, 1.82) is 0 Å². The first kappa shape index (κ1) is 13.6. The number of phenols is 1. The van der Waals surface area contributed by atoms with Gasteiger partial charge < -0.3 is 15.3 Å². The van der Waals surface area contributed by atoms with Gasteiger partial charge in [0.2, 0.25) is 0 Å². The third-order valence-corrected chi connectivity index (χ3v) is 6.62. The summed E-state index contributed by atoms with van der Waals surface area (Å²) in [6.45, 7) is 4.84. The zero-order chi connectivity index (χ0) is 14.8. The molecule has 4 rings (SSSR count). The summed E-state index contributed by atoms with van der Waals surface area (Å²) in [5, 5.41) is 9.86. The van der Waals surface area contributed by atoms with Gasteiger partial charge in [-0.25, -0.2) is 0 Å². The number of piperidine rings is 1. The van der Waals surface area contributed by atoms with Crippen LogP contribution < -0.4 is 5.73 Å². The van der Waals surface area contributed by atoms with Crippen molar-refractivity contribution in [1.82, 2.24) is 0 Å². The maximum Gasteiger partial charge on any atom is 0.115 e. The van der Waals surface area contributed by atoms with Crippen molar-refractivity contribution in [3.63, 3.8) is 0 Å². The number of nitrogens with two attached hydrogens (primary N) is 1. The summed E-state index contributed by atoms with van der Waals surface area (Å²) in [7, 11) is 2.45. The Morgan fingerprint density at radius 3 is 2.86 bits per heavy atom. The van der Waals surface area contributed by atoms with E-state index in [1.54, 1.807) is 0 Å². The Bertz CT molecular complexity index is 583. The van der Waals surface area contributed by atoms with E-state index < -0.39 is 0 Å². The number of rotatable bonds is 2. The minimum Gasteiger partial charge on any atom is -0.508 e. The maximum absolute atomic E-state index is 9.86. The summed E-state index contributed by atoms with van der Waals surface area (Å²) >= 11 is 0. The molecule has 2 fully saturated rings. The van der Waals surface area contributed by atoms with E-state index >= 15 is 0 Å². The van der Waals surface area contributed by atoms with E-state index in [4.69, 9.17) is 5.73 Å². The molecule has 21 heavy (non-hydrogen) atoms. The summed E-state index contributed by atoms with van der Waals surface area (Å²) in [5.74, 6) is 1.78. The molecule has 3 unspecified atom stereocenters. The predicted octanol–water partition coefficient (Wildman–Crippen LogP) is 2.37. The van der Waals surface area contributed by atoms with Gasteiger partial charge in [-0.1, -0.05) is 13.0 Å². The number of hydrogen-bond acceptors (Lipinski definition) is 2. The molecule has 1 heterocycles. The van der Waals surface area contributed by atoms with Crippen LogP contribution in [0.4, 0.5) is 0 Å². The number of fused-ring (bicyclic) bond motifs is 4.